The fourth-order valence-electron chi connectivity index (χ4n) is 5.86. The quantitative estimate of drug-likeness (QED) is 0.565. The summed E-state index contributed by atoms with van der Waals surface area (Å²) in [4.78, 5) is 24.3. The van der Waals surface area contributed by atoms with Crippen molar-refractivity contribution in [3.8, 4) is 0 Å². The summed E-state index contributed by atoms with van der Waals surface area (Å²) in [5, 5.41) is 0. The topological polar surface area (TPSA) is 52.6 Å². The van der Waals surface area contributed by atoms with Crippen molar-refractivity contribution >= 4 is 11.9 Å². The summed E-state index contributed by atoms with van der Waals surface area (Å²) in [6, 6.07) is 0. The van der Waals surface area contributed by atoms with Crippen molar-refractivity contribution in [3.63, 3.8) is 0 Å². The minimum absolute atomic E-state index is 0.0413. The van der Waals surface area contributed by atoms with Crippen molar-refractivity contribution in [3.05, 3.63) is 23.8 Å². The first-order chi connectivity index (χ1) is 11.8. The molecule has 0 aromatic carbocycles. The van der Waals surface area contributed by atoms with E-state index >= 15 is 0 Å². The molecule has 138 valence electrons. The molecule has 2 fully saturated rings. The average Bonchev–Trinajstić information content (AvgIpc) is 2.98. The standard InChI is InChI=1S/C21H30O4/c1-14-6-9-17-20(2,11-5-12-21(17,3)19(23)24-4)16(14)8-7-15-10-13-25-18(15)22/h10,16-17H,1,5-9,11-13H2,2-4H3/t16-,17-,20-,21+/m0/s1. The number of carbonyl (C=O) groups excluding carboxylic acids is 2. The lowest BCUT2D eigenvalue weighted by molar-refractivity contribution is -0.168. The Morgan fingerprint density at radius 1 is 1.40 bits per heavy atom. The van der Waals surface area contributed by atoms with E-state index in [1.807, 2.05) is 6.08 Å². The van der Waals surface area contributed by atoms with Crippen molar-refractivity contribution in [1.82, 2.24) is 0 Å². The number of ether oxygens (including phenoxy) is 2. The van der Waals surface area contributed by atoms with Crippen molar-refractivity contribution in [1.29, 1.82) is 0 Å². The third-order valence-electron chi connectivity index (χ3n) is 7.18. The molecule has 3 rings (SSSR count). The third kappa shape index (κ3) is 2.94. The van der Waals surface area contributed by atoms with Crippen LogP contribution in [0.1, 0.15) is 58.8 Å². The molecule has 2 aliphatic carbocycles. The predicted molar refractivity (Wildman–Crippen MR) is 95.7 cm³/mol. The molecule has 0 saturated heterocycles. The van der Waals surface area contributed by atoms with E-state index in [2.05, 4.69) is 20.4 Å². The minimum Gasteiger partial charge on any atom is -0.469 e. The summed E-state index contributed by atoms with van der Waals surface area (Å²) in [6.45, 7) is 9.17. The van der Waals surface area contributed by atoms with Crippen LogP contribution < -0.4 is 0 Å². The van der Waals surface area contributed by atoms with E-state index in [0.29, 0.717) is 18.4 Å². The number of methoxy groups -OCH3 is 1. The first-order valence-electron chi connectivity index (χ1n) is 9.45. The van der Waals surface area contributed by atoms with E-state index < -0.39 is 5.41 Å². The third-order valence-corrected chi connectivity index (χ3v) is 7.18. The first-order valence-corrected chi connectivity index (χ1v) is 9.45. The van der Waals surface area contributed by atoms with E-state index in [-0.39, 0.29) is 17.4 Å². The van der Waals surface area contributed by atoms with Crippen LogP contribution in [-0.2, 0) is 19.1 Å². The Bertz CT molecular complexity index is 619. The second-order valence-electron chi connectivity index (χ2n) is 8.44. The highest BCUT2D eigenvalue weighted by Gasteiger charge is 2.57. The molecule has 1 heterocycles. The van der Waals surface area contributed by atoms with Gasteiger partial charge in [-0.15, -0.1) is 0 Å². The Labute approximate surface area is 150 Å². The van der Waals surface area contributed by atoms with E-state index in [4.69, 9.17) is 9.47 Å². The van der Waals surface area contributed by atoms with E-state index in [1.54, 1.807) is 0 Å². The Kier molecular flexibility index (Phi) is 4.82. The zero-order valence-corrected chi connectivity index (χ0v) is 15.7. The predicted octanol–water partition coefficient (Wildman–Crippen LogP) is 4.20. The number of hydrogen-bond acceptors (Lipinski definition) is 4. The highest BCUT2D eigenvalue weighted by molar-refractivity contribution is 5.90. The van der Waals surface area contributed by atoms with Crippen molar-refractivity contribution in [2.45, 2.75) is 58.8 Å². The van der Waals surface area contributed by atoms with Crippen LogP contribution in [0.5, 0.6) is 0 Å². The lowest BCUT2D eigenvalue weighted by atomic mass is 9.46. The lowest BCUT2D eigenvalue weighted by Crippen LogP contribution is -2.53. The van der Waals surface area contributed by atoms with Gasteiger partial charge in [0.25, 0.3) is 0 Å². The molecule has 0 N–H and O–H groups in total. The molecule has 0 radical (unpaired) electrons. The zero-order chi connectivity index (χ0) is 18.2. The molecule has 0 bridgehead atoms. The van der Waals surface area contributed by atoms with E-state index in [9.17, 15) is 9.59 Å². The van der Waals surface area contributed by atoms with Crippen LogP contribution in [0.2, 0.25) is 0 Å². The highest BCUT2D eigenvalue weighted by Crippen LogP contribution is 2.62. The molecule has 0 spiro atoms. The van der Waals surface area contributed by atoms with Gasteiger partial charge in [-0.25, -0.2) is 4.79 Å². The maximum Gasteiger partial charge on any atom is 0.334 e. The summed E-state index contributed by atoms with van der Waals surface area (Å²) >= 11 is 0. The SMILES string of the molecule is C=C1CC[C@H]2[C@@](C)(CCC[C@@]2(C)C(=O)OC)[C@H]1CCC1=CCOC1=O. The number of hydrogen-bond donors (Lipinski definition) is 0. The van der Waals surface area contributed by atoms with Gasteiger partial charge in [0.1, 0.15) is 6.61 Å². The van der Waals surface area contributed by atoms with Crippen LogP contribution in [0.3, 0.4) is 0 Å². The van der Waals surface area contributed by atoms with Gasteiger partial charge in [0.2, 0.25) is 0 Å². The average molecular weight is 346 g/mol. The molecular weight excluding hydrogens is 316 g/mol. The van der Waals surface area contributed by atoms with Gasteiger partial charge in [0, 0.05) is 5.57 Å². The van der Waals surface area contributed by atoms with Crippen LogP contribution in [0.25, 0.3) is 0 Å². The van der Waals surface area contributed by atoms with Gasteiger partial charge >= 0.3 is 11.9 Å². The Morgan fingerprint density at radius 2 is 2.16 bits per heavy atom. The Morgan fingerprint density at radius 3 is 2.80 bits per heavy atom. The van der Waals surface area contributed by atoms with E-state index in [0.717, 1.165) is 50.5 Å². The smallest absolute Gasteiger partial charge is 0.334 e. The van der Waals surface area contributed by atoms with Crippen molar-refractivity contribution in [2.75, 3.05) is 13.7 Å². The summed E-state index contributed by atoms with van der Waals surface area (Å²) in [6.07, 6.45) is 8.54. The van der Waals surface area contributed by atoms with Crippen LogP contribution in [0, 0.1) is 22.7 Å². The molecule has 0 aromatic heterocycles. The molecule has 0 aromatic rings. The van der Waals surface area contributed by atoms with Crippen LogP contribution in [0.4, 0.5) is 0 Å². The molecule has 4 atom stereocenters. The molecule has 4 nitrogen and oxygen atoms in total. The monoisotopic (exact) mass is 346 g/mol. The Balaban J connectivity index is 1.84. The largest absolute Gasteiger partial charge is 0.469 e. The first kappa shape index (κ1) is 18.2. The number of rotatable bonds is 4. The van der Waals surface area contributed by atoms with Crippen LogP contribution >= 0.6 is 0 Å². The Hall–Kier alpha value is -1.58. The van der Waals surface area contributed by atoms with Gasteiger partial charge in [-0.2, -0.15) is 0 Å². The number of esters is 2. The molecule has 25 heavy (non-hydrogen) atoms. The van der Waals surface area contributed by atoms with Gasteiger partial charge in [-0.3, -0.25) is 4.79 Å². The van der Waals surface area contributed by atoms with Gasteiger partial charge in [0.15, 0.2) is 0 Å². The second kappa shape index (κ2) is 6.62. The molecular formula is C21H30O4. The zero-order valence-electron chi connectivity index (χ0n) is 15.7. The van der Waals surface area contributed by atoms with Gasteiger partial charge < -0.3 is 9.47 Å². The van der Waals surface area contributed by atoms with Gasteiger partial charge in [0.05, 0.1) is 12.5 Å². The molecule has 2 saturated carbocycles. The van der Waals surface area contributed by atoms with Gasteiger partial charge in [-0.1, -0.05) is 25.5 Å². The number of cyclic esters (lactones) is 1. The fraction of sp³-hybridized carbons (Fsp3) is 0.714. The van der Waals surface area contributed by atoms with Crippen molar-refractivity contribution < 1.29 is 19.1 Å². The van der Waals surface area contributed by atoms with Crippen molar-refractivity contribution in [2.24, 2.45) is 22.7 Å². The lowest BCUT2D eigenvalue weighted by Gasteiger charge is -2.57. The summed E-state index contributed by atoms with van der Waals surface area (Å²) in [5.74, 6) is 0.397. The maximum absolute atomic E-state index is 12.6. The second-order valence-corrected chi connectivity index (χ2v) is 8.44. The number of allylic oxidation sites excluding steroid dienone is 1. The summed E-state index contributed by atoms with van der Waals surface area (Å²) in [5.41, 5.74) is 1.70. The number of carbonyl (C=O) groups is 2. The number of fused-ring (bicyclic) bond motifs is 1. The molecule has 0 unspecified atom stereocenters. The van der Waals surface area contributed by atoms with E-state index in [1.165, 1.54) is 12.7 Å². The van der Waals surface area contributed by atoms with Crippen LogP contribution in [0.15, 0.2) is 23.8 Å². The maximum atomic E-state index is 12.6. The molecule has 3 aliphatic rings. The van der Waals surface area contributed by atoms with Crippen LogP contribution in [-0.4, -0.2) is 25.7 Å². The molecule has 1 aliphatic heterocycles. The van der Waals surface area contributed by atoms with Gasteiger partial charge in [-0.05, 0) is 68.8 Å². The fourth-order valence-corrected chi connectivity index (χ4v) is 5.86. The molecule has 0 amide bonds. The summed E-state index contributed by atoms with van der Waals surface area (Å²) < 4.78 is 10.2. The molecule has 4 heteroatoms. The normalized spacial score (nSPS) is 38.0. The highest BCUT2D eigenvalue weighted by atomic mass is 16.5. The minimum atomic E-state index is -0.410. The summed E-state index contributed by atoms with van der Waals surface area (Å²) in [7, 11) is 1.50.